The third kappa shape index (κ3) is 3.03. The lowest BCUT2D eigenvalue weighted by atomic mass is 10.1. The monoisotopic (exact) mass is 296 g/mol. The van der Waals surface area contributed by atoms with Crippen molar-refractivity contribution in [3.8, 4) is 0 Å². The lowest BCUT2D eigenvalue weighted by molar-refractivity contribution is 0.0696. The molecular formula is C16H12N2O2S. The first-order valence-electron chi connectivity index (χ1n) is 6.39. The number of benzene rings is 1. The first-order valence-corrected chi connectivity index (χ1v) is 7.37. The lowest BCUT2D eigenvalue weighted by Gasteiger charge is -2.05. The number of carboxylic acid groups (broad SMARTS) is 1. The van der Waals surface area contributed by atoms with Gasteiger partial charge in [-0.25, -0.2) is 9.78 Å². The summed E-state index contributed by atoms with van der Waals surface area (Å²) in [5.41, 5.74) is 2.34. The molecule has 2 heterocycles. The number of carbonyl (C=O) groups is 1. The topological polar surface area (TPSA) is 63.1 Å². The Balaban J connectivity index is 1.79. The van der Waals surface area contributed by atoms with Crippen molar-refractivity contribution < 1.29 is 9.90 Å². The predicted octanol–water partition coefficient (Wildman–Crippen LogP) is 3.62. The summed E-state index contributed by atoms with van der Waals surface area (Å²) in [6.07, 6.45) is 3.17. The van der Waals surface area contributed by atoms with E-state index in [1.165, 1.54) is 6.20 Å². The SMILES string of the molecule is O=C(O)c1ccc(SCc2cccc3cccnc23)nc1. The lowest BCUT2D eigenvalue weighted by Crippen LogP contribution is -1.96. The summed E-state index contributed by atoms with van der Waals surface area (Å²) in [4.78, 5) is 19.4. The van der Waals surface area contributed by atoms with Gasteiger partial charge < -0.3 is 5.11 Å². The van der Waals surface area contributed by atoms with Gasteiger partial charge in [-0.05, 0) is 23.8 Å². The summed E-state index contributed by atoms with van der Waals surface area (Å²) in [5, 5.41) is 10.8. The Morgan fingerprint density at radius 3 is 2.71 bits per heavy atom. The van der Waals surface area contributed by atoms with Crippen LogP contribution < -0.4 is 0 Å². The molecule has 0 aliphatic heterocycles. The van der Waals surface area contributed by atoms with Crippen LogP contribution in [0, 0.1) is 0 Å². The Morgan fingerprint density at radius 1 is 1.10 bits per heavy atom. The average Bonchev–Trinajstić information content (AvgIpc) is 2.53. The number of fused-ring (bicyclic) bond motifs is 1. The molecule has 3 aromatic rings. The number of carboxylic acids is 1. The van der Waals surface area contributed by atoms with E-state index in [9.17, 15) is 4.79 Å². The van der Waals surface area contributed by atoms with Crippen molar-refractivity contribution in [3.63, 3.8) is 0 Å². The van der Waals surface area contributed by atoms with Gasteiger partial charge in [0, 0.05) is 23.5 Å². The minimum atomic E-state index is -0.961. The van der Waals surface area contributed by atoms with E-state index in [1.807, 2.05) is 30.3 Å². The quantitative estimate of drug-likeness (QED) is 0.745. The molecule has 3 rings (SSSR count). The molecule has 0 spiro atoms. The Hall–Kier alpha value is -2.40. The van der Waals surface area contributed by atoms with Crippen LogP contribution >= 0.6 is 11.8 Å². The van der Waals surface area contributed by atoms with Crippen LogP contribution in [0.15, 0.2) is 59.9 Å². The number of nitrogens with zero attached hydrogens (tertiary/aromatic N) is 2. The number of hydrogen-bond donors (Lipinski definition) is 1. The van der Waals surface area contributed by atoms with Gasteiger partial charge in [0.05, 0.1) is 16.1 Å². The fourth-order valence-electron chi connectivity index (χ4n) is 2.03. The molecule has 0 amide bonds. The molecule has 0 saturated heterocycles. The summed E-state index contributed by atoms with van der Waals surface area (Å²) in [6, 6.07) is 13.4. The number of aromatic nitrogens is 2. The molecule has 21 heavy (non-hydrogen) atoms. The Bertz CT molecular complexity index is 782. The van der Waals surface area contributed by atoms with Gasteiger partial charge in [-0.2, -0.15) is 0 Å². The van der Waals surface area contributed by atoms with Crippen LogP contribution in [0.2, 0.25) is 0 Å². The standard InChI is InChI=1S/C16H12N2O2S/c19-16(20)12-6-7-14(18-9-12)21-10-13-4-1-3-11-5-2-8-17-15(11)13/h1-9H,10H2,(H,19,20). The Morgan fingerprint density at radius 2 is 1.95 bits per heavy atom. The highest BCUT2D eigenvalue weighted by atomic mass is 32.2. The minimum absolute atomic E-state index is 0.200. The van der Waals surface area contributed by atoms with Crippen molar-refractivity contribution >= 4 is 28.6 Å². The fourth-order valence-corrected chi connectivity index (χ4v) is 2.86. The zero-order valence-electron chi connectivity index (χ0n) is 11.1. The maximum atomic E-state index is 10.8. The summed E-state index contributed by atoms with van der Waals surface area (Å²) in [6.45, 7) is 0. The van der Waals surface area contributed by atoms with Crippen molar-refractivity contribution in [2.45, 2.75) is 10.8 Å². The number of pyridine rings is 2. The highest BCUT2D eigenvalue weighted by Crippen LogP contribution is 2.25. The van der Waals surface area contributed by atoms with E-state index in [2.05, 4.69) is 9.97 Å². The van der Waals surface area contributed by atoms with Crippen molar-refractivity contribution in [3.05, 3.63) is 66.0 Å². The molecule has 4 nitrogen and oxygen atoms in total. The van der Waals surface area contributed by atoms with Gasteiger partial charge in [-0.15, -0.1) is 11.8 Å². The number of thioether (sulfide) groups is 1. The normalized spacial score (nSPS) is 10.7. The molecule has 1 aromatic carbocycles. The molecule has 0 atom stereocenters. The molecule has 104 valence electrons. The minimum Gasteiger partial charge on any atom is -0.478 e. The van der Waals surface area contributed by atoms with Crippen LogP contribution in [0.1, 0.15) is 15.9 Å². The molecule has 0 radical (unpaired) electrons. The van der Waals surface area contributed by atoms with Crippen molar-refractivity contribution in [1.82, 2.24) is 9.97 Å². The summed E-state index contributed by atoms with van der Waals surface area (Å²) < 4.78 is 0. The van der Waals surface area contributed by atoms with Crippen LogP contribution in [0.3, 0.4) is 0 Å². The Kier molecular flexibility index (Phi) is 3.83. The maximum Gasteiger partial charge on any atom is 0.337 e. The van der Waals surface area contributed by atoms with Gasteiger partial charge in [-0.3, -0.25) is 4.98 Å². The second-order valence-corrected chi connectivity index (χ2v) is 5.47. The molecular weight excluding hydrogens is 284 g/mol. The molecule has 0 bridgehead atoms. The zero-order valence-corrected chi connectivity index (χ0v) is 11.9. The molecule has 1 N–H and O–H groups in total. The van der Waals surface area contributed by atoms with E-state index in [1.54, 1.807) is 30.1 Å². The largest absolute Gasteiger partial charge is 0.478 e. The Labute approximate surface area is 125 Å². The second-order valence-electron chi connectivity index (χ2n) is 4.47. The predicted molar refractivity (Wildman–Crippen MR) is 82.5 cm³/mol. The van der Waals surface area contributed by atoms with Crippen LogP contribution in [0.25, 0.3) is 10.9 Å². The first kappa shape index (κ1) is 13.6. The van der Waals surface area contributed by atoms with Crippen molar-refractivity contribution in [1.29, 1.82) is 0 Å². The molecule has 0 aliphatic rings. The molecule has 0 unspecified atom stereocenters. The molecule has 5 heteroatoms. The number of hydrogen-bond acceptors (Lipinski definition) is 4. The van der Waals surface area contributed by atoms with E-state index in [4.69, 9.17) is 5.11 Å². The van der Waals surface area contributed by atoms with Crippen LogP contribution in [0.5, 0.6) is 0 Å². The second kappa shape index (κ2) is 5.93. The van der Waals surface area contributed by atoms with E-state index >= 15 is 0 Å². The van der Waals surface area contributed by atoms with Gasteiger partial charge >= 0.3 is 5.97 Å². The molecule has 0 fully saturated rings. The van der Waals surface area contributed by atoms with E-state index in [0.29, 0.717) is 0 Å². The fraction of sp³-hybridized carbons (Fsp3) is 0.0625. The smallest absolute Gasteiger partial charge is 0.337 e. The number of rotatable bonds is 4. The van der Waals surface area contributed by atoms with E-state index < -0.39 is 5.97 Å². The highest BCUT2D eigenvalue weighted by Gasteiger charge is 2.05. The van der Waals surface area contributed by atoms with Crippen LogP contribution in [-0.4, -0.2) is 21.0 Å². The number of aromatic carboxylic acids is 1. The van der Waals surface area contributed by atoms with Gasteiger partial charge in [-0.1, -0.05) is 24.3 Å². The third-order valence-corrected chi connectivity index (χ3v) is 4.07. The van der Waals surface area contributed by atoms with Gasteiger partial charge in [0.1, 0.15) is 0 Å². The van der Waals surface area contributed by atoms with Crippen LogP contribution in [0.4, 0.5) is 0 Å². The third-order valence-electron chi connectivity index (χ3n) is 3.08. The molecule has 0 aliphatic carbocycles. The first-order chi connectivity index (χ1) is 10.2. The number of para-hydroxylation sites is 1. The van der Waals surface area contributed by atoms with Gasteiger partial charge in [0.15, 0.2) is 0 Å². The van der Waals surface area contributed by atoms with Crippen molar-refractivity contribution in [2.75, 3.05) is 0 Å². The average molecular weight is 296 g/mol. The highest BCUT2D eigenvalue weighted by molar-refractivity contribution is 7.98. The molecule has 0 saturated carbocycles. The zero-order chi connectivity index (χ0) is 14.7. The van der Waals surface area contributed by atoms with Gasteiger partial charge in [0.2, 0.25) is 0 Å². The maximum absolute atomic E-state index is 10.8. The van der Waals surface area contributed by atoms with E-state index in [-0.39, 0.29) is 5.56 Å². The van der Waals surface area contributed by atoms with Crippen molar-refractivity contribution in [2.24, 2.45) is 0 Å². The summed E-state index contributed by atoms with van der Waals surface area (Å²) in [5.74, 6) is -0.217. The van der Waals surface area contributed by atoms with E-state index in [0.717, 1.165) is 27.2 Å². The molecule has 2 aromatic heterocycles. The van der Waals surface area contributed by atoms with Crippen LogP contribution in [-0.2, 0) is 5.75 Å². The summed E-state index contributed by atoms with van der Waals surface area (Å²) in [7, 11) is 0. The summed E-state index contributed by atoms with van der Waals surface area (Å²) >= 11 is 1.56. The van der Waals surface area contributed by atoms with Gasteiger partial charge in [0.25, 0.3) is 0 Å².